The highest BCUT2D eigenvalue weighted by atomic mass is 32.1. The first kappa shape index (κ1) is 14.0. The van der Waals surface area contributed by atoms with E-state index in [4.69, 9.17) is 12.2 Å². The van der Waals surface area contributed by atoms with Crippen molar-refractivity contribution in [1.82, 2.24) is 24.3 Å². The zero-order valence-electron chi connectivity index (χ0n) is 12.5. The number of aryl methyl sites for hydroxylation is 2. The molecule has 6 heteroatoms. The van der Waals surface area contributed by atoms with E-state index in [2.05, 4.69) is 33.5 Å². The molecule has 0 amide bonds. The summed E-state index contributed by atoms with van der Waals surface area (Å²) in [5.41, 5.74) is 4.38. The molecule has 0 aromatic carbocycles. The highest BCUT2D eigenvalue weighted by Crippen LogP contribution is 2.26. The van der Waals surface area contributed by atoms with Gasteiger partial charge in [0.1, 0.15) is 5.52 Å². The van der Waals surface area contributed by atoms with Crippen molar-refractivity contribution in [2.45, 2.75) is 32.7 Å². The highest BCUT2D eigenvalue weighted by Gasteiger charge is 2.19. The Hall–Kier alpha value is -1.95. The molecule has 0 saturated heterocycles. The molecule has 5 nitrogen and oxygen atoms in total. The molecule has 3 aromatic heterocycles. The van der Waals surface area contributed by atoms with Gasteiger partial charge in [0, 0.05) is 19.4 Å². The van der Waals surface area contributed by atoms with Crippen LogP contribution in [0.3, 0.4) is 0 Å². The average molecular weight is 301 g/mol. The van der Waals surface area contributed by atoms with E-state index in [0.29, 0.717) is 0 Å². The average Bonchev–Trinajstić information content (AvgIpc) is 2.97. The van der Waals surface area contributed by atoms with Gasteiger partial charge < -0.3 is 4.98 Å². The molecule has 3 heterocycles. The summed E-state index contributed by atoms with van der Waals surface area (Å²) in [5.74, 6) is 0. The smallest absolute Gasteiger partial charge is 0.179 e. The van der Waals surface area contributed by atoms with Crippen molar-refractivity contribution >= 4 is 23.4 Å². The molecule has 3 rings (SSSR count). The van der Waals surface area contributed by atoms with Crippen molar-refractivity contribution < 1.29 is 0 Å². The van der Waals surface area contributed by atoms with Gasteiger partial charge in [0.05, 0.1) is 11.7 Å². The molecule has 1 N–H and O–H groups in total. The molecule has 0 spiro atoms. The molecule has 0 fully saturated rings. The van der Waals surface area contributed by atoms with Crippen LogP contribution in [-0.4, -0.2) is 24.3 Å². The number of aromatic nitrogens is 5. The minimum Gasteiger partial charge on any atom is -0.328 e. The van der Waals surface area contributed by atoms with Crippen LogP contribution in [0.2, 0.25) is 0 Å². The SMILES string of the molecule is CCCc1nn(C)c2c1[nH]c(=S)n2C(C)c1ccncc1. The maximum absolute atomic E-state index is 5.54. The summed E-state index contributed by atoms with van der Waals surface area (Å²) in [6.45, 7) is 4.30. The number of hydrogen-bond donors (Lipinski definition) is 1. The predicted molar refractivity (Wildman–Crippen MR) is 85.9 cm³/mol. The van der Waals surface area contributed by atoms with Crippen LogP contribution in [0.15, 0.2) is 24.5 Å². The third kappa shape index (κ3) is 2.29. The van der Waals surface area contributed by atoms with Crippen LogP contribution in [0.1, 0.15) is 37.6 Å². The highest BCUT2D eigenvalue weighted by molar-refractivity contribution is 7.71. The Kier molecular flexibility index (Phi) is 3.63. The number of nitrogens with one attached hydrogen (secondary N) is 1. The molecular formula is C15H19N5S. The monoisotopic (exact) mass is 301 g/mol. The third-order valence-electron chi connectivity index (χ3n) is 3.83. The Labute approximate surface area is 128 Å². The van der Waals surface area contributed by atoms with Gasteiger partial charge in [-0.15, -0.1) is 0 Å². The minimum absolute atomic E-state index is 0.138. The topological polar surface area (TPSA) is 51.4 Å². The Balaban J connectivity index is 2.19. The van der Waals surface area contributed by atoms with Gasteiger partial charge in [0.25, 0.3) is 0 Å². The van der Waals surface area contributed by atoms with Crippen LogP contribution in [-0.2, 0) is 13.5 Å². The van der Waals surface area contributed by atoms with E-state index < -0.39 is 0 Å². The third-order valence-corrected chi connectivity index (χ3v) is 4.13. The molecule has 0 aliphatic carbocycles. The van der Waals surface area contributed by atoms with Crippen molar-refractivity contribution in [2.24, 2.45) is 7.05 Å². The number of fused-ring (bicyclic) bond motifs is 1. The van der Waals surface area contributed by atoms with Gasteiger partial charge in [-0.25, -0.2) is 0 Å². The summed E-state index contributed by atoms with van der Waals surface area (Å²) in [4.78, 5) is 7.41. The predicted octanol–water partition coefficient (Wildman–Crippen LogP) is 3.39. The number of imidazole rings is 1. The van der Waals surface area contributed by atoms with Gasteiger partial charge in [-0.1, -0.05) is 13.3 Å². The number of hydrogen-bond acceptors (Lipinski definition) is 3. The first-order chi connectivity index (χ1) is 10.1. The molecule has 110 valence electrons. The van der Waals surface area contributed by atoms with Crippen LogP contribution >= 0.6 is 12.2 Å². The summed E-state index contributed by atoms with van der Waals surface area (Å²) >= 11 is 5.54. The Morgan fingerprint density at radius 1 is 1.33 bits per heavy atom. The molecule has 0 aliphatic heterocycles. The van der Waals surface area contributed by atoms with E-state index >= 15 is 0 Å². The number of pyridine rings is 1. The molecule has 1 unspecified atom stereocenters. The van der Waals surface area contributed by atoms with E-state index in [1.54, 1.807) is 0 Å². The molecule has 1 atom stereocenters. The summed E-state index contributed by atoms with van der Waals surface area (Å²) < 4.78 is 4.79. The van der Waals surface area contributed by atoms with Crippen molar-refractivity contribution in [3.8, 4) is 0 Å². The van der Waals surface area contributed by atoms with Gasteiger partial charge in [-0.05, 0) is 43.3 Å². The van der Waals surface area contributed by atoms with Crippen molar-refractivity contribution in [1.29, 1.82) is 0 Å². The summed E-state index contributed by atoms with van der Waals surface area (Å²) in [6.07, 6.45) is 5.64. The molecule has 0 bridgehead atoms. The maximum Gasteiger partial charge on any atom is 0.179 e. The molecule has 21 heavy (non-hydrogen) atoms. The second kappa shape index (κ2) is 5.44. The van der Waals surface area contributed by atoms with Crippen molar-refractivity contribution in [3.63, 3.8) is 0 Å². The van der Waals surface area contributed by atoms with Gasteiger partial charge in [0.2, 0.25) is 0 Å². The Morgan fingerprint density at radius 2 is 2.05 bits per heavy atom. The van der Waals surface area contributed by atoms with Gasteiger partial charge in [0.15, 0.2) is 10.4 Å². The fraction of sp³-hybridized carbons (Fsp3) is 0.400. The van der Waals surface area contributed by atoms with Gasteiger partial charge in [-0.2, -0.15) is 5.10 Å². The van der Waals surface area contributed by atoms with E-state index in [0.717, 1.165) is 34.5 Å². The lowest BCUT2D eigenvalue weighted by Gasteiger charge is -2.14. The molecule has 0 aliphatic rings. The zero-order valence-corrected chi connectivity index (χ0v) is 13.3. The first-order valence-corrected chi connectivity index (χ1v) is 7.60. The zero-order chi connectivity index (χ0) is 15.0. The molecule has 3 aromatic rings. The van der Waals surface area contributed by atoms with Gasteiger partial charge >= 0.3 is 0 Å². The van der Waals surface area contributed by atoms with E-state index in [1.165, 1.54) is 5.56 Å². The largest absolute Gasteiger partial charge is 0.328 e. The van der Waals surface area contributed by atoms with Crippen molar-refractivity contribution in [3.05, 3.63) is 40.6 Å². The Morgan fingerprint density at radius 3 is 2.71 bits per heavy atom. The van der Waals surface area contributed by atoms with E-state index in [-0.39, 0.29) is 6.04 Å². The molecule has 0 radical (unpaired) electrons. The lowest BCUT2D eigenvalue weighted by atomic mass is 10.1. The number of H-pyrrole nitrogens is 1. The fourth-order valence-corrected chi connectivity index (χ4v) is 3.15. The maximum atomic E-state index is 5.54. The summed E-state index contributed by atoms with van der Waals surface area (Å²) in [6, 6.07) is 4.18. The van der Waals surface area contributed by atoms with Crippen LogP contribution in [0.4, 0.5) is 0 Å². The lowest BCUT2D eigenvalue weighted by molar-refractivity contribution is 0.618. The fourth-order valence-electron chi connectivity index (χ4n) is 2.80. The van der Waals surface area contributed by atoms with E-state index in [1.807, 2.05) is 36.3 Å². The second-order valence-corrected chi connectivity index (χ2v) is 5.66. The number of nitrogens with zero attached hydrogens (tertiary/aromatic N) is 4. The first-order valence-electron chi connectivity index (χ1n) is 7.19. The molecular weight excluding hydrogens is 282 g/mol. The second-order valence-electron chi connectivity index (χ2n) is 5.28. The van der Waals surface area contributed by atoms with Crippen LogP contribution < -0.4 is 0 Å². The number of rotatable bonds is 4. The van der Waals surface area contributed by atoms with Crippen molar-refractivity contribution in [2.75, 3.05) is 0 Å². The van der Waals surface area contributed by atoms with Crippen LogP contribution in [0.5, 0.6) is 0 Å². The Bertz CT molecular complexity index is 812. The normalized spacial score (nSPS) is 12.9. The standard InChI is InChI=1S/C15H19N5S/c1-4-5-12-13-14(19(3)18-12)20(15(21)17-13)10(2)11-6-8-16-9-7-11/h6-10H,4-5H2,1-3H3,(H,17,21). The number of aromatic amines is 1. The van der Waals surface area contributed by atoms with Crippen LogP contribution in [0, 0.1) is 4.77 Å². The van der Waals surface area contributed by atoms with Gasteiger partial charge in [-0.3, -0.25) is 14.2 Å². The minimum atomic E-state index is 0.138. The summed E-state index contributed by atoms with van der Waals surface area (Å²) in [7, 11) is 1.97. The van der Waals surface area contributed by atoms with Crippen LogP contribution in [0.25, 0.3) is 11.2 Å². The summed E-state index contributed by atoms with van der Waals surface area (Å²) in [5, 5.41) is 4.62. The lowest BCUT2D eigenvalue weighted by Crippen LogP contribution is -2.09. The quantitative estimate of drug-likeness (QED) is 0.752. The molecule has 0 saturated carbocycles. The van der Waals surface area contributed by atoms with E-state index in [9.17, 15) is 0 Å².